The summed E-state index contributed by atoms with van der Waals surface area (Å²) in [4.78, 5) is 1.79. The maximum absolute atomic E-state index is 12.4. The normalized spacial score (nSPS) is 32.2. The van der Waals surface area contributed by atoms with Crippen molar-refractivity contribution in [2.45, 2.75) is 32.7 Å². The van der Waals surface area contributed by atoms with Crippen molar-refractivity contribution in [2.24, 2.45) is 11.8 Å². The minimum Gasteiger partial charge on any atom is -0.298 e. The van der Waals surface area contributed by atoms with Crippen LogP contribution in [0.25, 0.3) is 0 Å². The lowest BCUT2D eigenvalue weighted by Gasteiger charge is -2.17. The molecule has 0 aromatic rings. The second-order valence-electron chi connectivity index (χ2n) is 4.08. The molecule has 0 aliphatic carbocycles. The molecule has 2 unspecified atom stereocenters. The summed E-state index contributed by atoms with van der Waals surface area (Å²) >= 11 is 0. The Hall–Kier alpha value is -0.180. The van der Waals surface area contributed by atoms with Crippen LogP contribution in [0.1, 0.15) is 20.3 Å². The van der Waals surface area contributed by atoms with Gasteiger partial charge in [0.15, 0.2) is 0 Å². The average Bonchev–Trinajstić information content (AvgIpc) is 2.30. The maximum Gasteiger partial charge on any atom is 0.253 e. The molecule has 0 N–H and O–H groups in total. The van der Waals surface area contributed by atoms with Crippen LogP contribution in [0, 0.1) is 11.8 Å². The van der Waals surface area contributed by atoms with E-state index < -0.39 is 12.5 Å². The van der Waals surface area contributed by atoms with Gasteiger partial charge < -0.3 is 0 Å². The predicted molar refractivity (Wildman–Crippen MR) is 45.4 cm³/mol. The molecule has 1 aliphatic heterocycles. The van der Waals surface area contributed by atoms with Crippen LogP contribution in [0.15, 0.2) is 0 Å². The summed E-state index contributed by atoms with van der Waals surface area (Å²) in [7, 11) is 1.79. The Kier molecular flexibility index (Phi) is 3.04. The van der Waals surface area contributed by atoms with Crippen LogP contribution in [0.4, 0.5) is 8.78 Å². The van der Waals surface area contributed by atoms with Gasteiger partial charge in [-0.1, -0.05) is 13.8 Å². The fraction of sp³-hybridized carbons (Fsp3) is 1.00. The molecule has 2 atom stereocenters. The first kappa shape index (κ1) is 9.90. The van der Waals surface area contributed by atoms with Crippen LogP contribution in [0.5, 0.6) is 0 Å². The monoisotopic (exact) mass is 177 g/mol. The van der Waals surface area contributed by atoms with E-state index in [1.54, 1.807) is 11.9 Å². The fourth-order valence-electron chi connectivity index (χ4n) is 1.85. The Balaban J connectivity index is 2.50. The van der Waals surface area contributed by atoms with Crippen molar-refractivity contribution in [1.82, 2.24) is 4.90 Å². The van der Waals surface area contributed by atoms with Crippen molar-refractivity contribution in [2.75, 3.05) is 13.6 Å². The van der Waals surface area contributed by atoms with Crippen LogP contribution in [0.3, 0.4) is 0 Å². The lowest BCUT2D eigenvalue weighted by Crippen LogP contribution is -2.31. The van der Waals surface area contributed by atoms with Gasteiger partial charge in [0.1, 0.15) is 0 Å². The Bertz CT molecular complexity index is 147. The van der Waals surface area contributed by atoms with Crippen LogP contribution < -0.4 is 0 Å². The Morgan fingerprint density at radius 1 is 1.33 bits per heavy atom. The molecule has 1 heterocycles. The van der Waals surface area contributed by atoms with Gasteiger partial charge in [-0.25, -0.2) is 8.78 Å². The molecule has 72 valence electrons. The van der Waals surface area contributed by atoms with E-state index in [0.29, 0.717) is 18.3 Å². The van der Waals surface area contributed by atoms with Gasteiger partial charge in [-0.2, -0.15) is 0 Å². The maximum atomic E-state index is 12.4. The summed E-state index contributed by atoms with van der Waals surface area (Å²) in [6.45, 7) is 5.03. The zero-order valence-electron chi connectivity index (χ0n) is 7.93. The highest BCUT2D eigenvalue weighted by Gasteiger charge is 2.36. The second kappa shape index (κ2) is 3.69. The van der Waals surface area contributed by atoms with Crippen molar-refractivity contribution in [3.05, 3.63) is 0 Å². The highest BCUT2D eigenvalue weighted by molar-refractivity contribution is 4.85. The van der Waals surface area contributed by atoms with E-state index in [1.165, 1.54) is 0 Å². The van der Waals surface area contributed by atoms with Gasteiger partial charge in [0.2, 0.25) is 0 Å². The van der Waals surface area contributed by atoms with E-state index in [1.807, 2.05) is 0 Å². The molecule has 1 rings (SSSR count). The molecule has 0 radical (unpaired) electrons. The van der Waals surface area contributed by atoms with Gasteiger partial charge in [0.25, 0.3) is 6.43 Å². The molecule has 0 aromatic heterocycles. The van der Waals surface area contributed by atoms with Gasteiger partial charge in [0.05, 0.1) is 6.04 Å². The molecule has 12 heavy (non-hydrogen) atoms. The number of nitrogens with zero attached hydrogens (tertiary/aromatic N) is 1. The molecule has 0 amide bonds. The van der Waals surface area contributed by atoms with E-state index in [0.717, 1.165) is 6.54 Å². The minimum atomic E-state index is -2.18. The van der Waals surface area contributed by atoms with Gasteiger partial charge in [-0.3, -0.25) is 4.90 Å². The number of alkyl halides is 2. The summed E-state index contributed by atoms with van der Waals surface area (Å²) in [6, 6.07) is -0.502. The molecule has 1 fully saturated rings. The van der Waals surface area contributed by atoms with Crippen LogP contribution in [0.2, 0.25) is 0 Å². The summed E-state index contributed by atoms with van der Waals surface area (Å²) in [5.41, 5.74) is 0. The molecular formula is C9H17F2N. The molecule has 3 heteroatoms. The van der Waals surface area contributed by atoms with Crippen molar-refractivity contribution < 1.29 is 8.78 Å². The number of hydrogen-bond acceptors (Lipinski definition) is 1. The number of hydrogen-bond donors (Lipinski definition) is 0. The lowest BCUT2D eigenvalue weighted by molar-refractivity contribution is 0.0587. The first-order valence-corrected chi connectivity index (χ1v) is 4.50. The quantitative estimate of drug-likeness (QED) is 0.625. The SMILES string of the molecule is CC(C)C1CC(C(F)F)N(C)C1. The van der Waals surface area contributed by atoms with E-state index in [9.17, 15) is 8.78 Å². The summed E-state index contributed by atoms with van der Waals surface area (Å²) in [5.74, 6) is 0.977. The Morgan fingerprint density at radius 3 is 2.17 bits per heavy atom. The van der Waals surface area contributed by atoms with Gasteiger partial charge in [0, 0.05) is 6.54 Å². The molecule has 1 nitrogen and oxygen atoms in total. The third-order valence-corrected chi connectivity index (χ3v) is 2.87. The first-order chi connectivity index (χ1) is 5.52. The van der Waals surface area contributed by atoms with Crippen LogP contribution in [-0.4, -0.2) is 31.0 Å². The zero-order chi connectivity index (χ0) is 9.30. The molecular weight excluding hydrogens is 160 g/mol. The molecule has 0 spiro atoms. The van der Waals surface area contributed by atoms with Gasteiger partial charge >= 0.3 is 0 Å². The standard InChI is InChI=1S/C9H17F2N/c1-6(2)7-4-8(9(10)11)12(3)5-7/h6-9H,4-5H2,1-3H3. The van der Waals surface area contributed by atoms with Gasteiger partial charge in [-0.05, 0) is 25.3 Å². The second-order valence-corrected chi connectivity index (χ2v) is 4.08. The van der Waals surface area contributed by atoms with E-state index in [4.69, 9.17) is 0 Å². The predicted octanol–water partition coefficient (Wildman–Crippen LogP) is 2.23. The summed E-state index contributed by atoms with van der Waals surface area (Å²) < 4.78 is 24.8. The van der Waals surface area contributed by atoms with Crippen molar-refractivity contribution in [1.29, 1.82) is 0 Å². The number of halogens is 2. The van der Waals surface area contributed by atoms with Crippen molar-refractivity contribution >= 4 is 0 Å². The zero-order valence-corrected chi connectivity index (χ0v) is 7.93. The van der Waals surface area contributed by atoms with Gasteiger partial charge in [-0.15, -0.1) is 0 Å². The summed E-state index contributed by atoms with van der Waals surface area (Å²) in [5, 5.41) is 0. The minimum absolute atomic E-state index is 0.453. The molecule has 0 bridgehead atoms. The van der Waals surface area contributed by atoms with E-state index >= 15 is 0 Å². The first-order valence-electron chi connectivity index (χ1n) is 4.50. The molecule has 0 saturated carbocycles. The van der Waals surface area contributed by atoms with Crippen molar-refractivity contribution in [3.63, 3.8) is 0 Å². The highest BCUT2D eigenvalue weighted by atomic mass is 19.3. The third-order valence-electron chi connectivity index (χ3n) is 2.87. The number of likely N-dealkylation sites (tertiary alicyclic amines) is 1. The van der Waals surface area contributed by atoms with Crippen LogP contribution in [-0.2, 0) is 0 Å². The third kappa shape index (κ3) is 1.94. The van der Waals surface area contributed by atoms with Crippen molar-refractivity contribution in [3.8, 4) is 0 Å². The highest BCUT2D eigenvalue weighted by Crippen LogP contribution is 2.30. The Morgan fingerprint density at radius 2 is 1.92 bits per heavy atom. The lowest BCUT2D eigenvalue weighted by atomic mass is 9.93. The molecule has 1 saturated heterocycles. The van der Waals surface area contributed by atoms with Crippen LogP contribution >= 0.6 is 0 Å². The average molecular weight is 177 g/mol. The fourth-order valence-corrected chi connectivity index (χ4v) is 1.85. The topological polar surface area (TPSA) is 3.24 Å². The largest absolute Gasteiger partial charge is 0.298 e. The molecule has 1 aliphatic rings. The smallest absolute Gasteiger partial charge is 0.253 e. The number of rotatable bonds is 2. The van der Waals surface area contributed by atoms with E-state index in [2.05, 4.69) is 13.8 Å². The van der Waals surface area contributed by atoms with E-state index in [-0.39, 0.29) is 0 Å². The molecule has 0 aromatic carbocycles. The Labute approximate surface area is 72.7 Å². The summed E-state index contributed by atoms with van der Waals surface area (Å²) in [6.07, 6.45) is -1.52.